The second kappa shape index (κ2) is 7.78. The van der Waals surface area contributed by atoms with E-state index >= 15 is 0 Å². The standard InChI is InChI=1S/C19H26N2O4S/c1-14-2-4-16(5-3-14)18(22)17-6-9-21(10-7-17)19(23)20-12-15-8-11-26(24,25)13-15/h2-5,15,17H,6-13H2,1H3,(H,20,23). The number of piperidine rings is 1. The van der Waals surface area contributed by atoms with Gasteiger partial charge in [-0.1, -0.05) is 29.8 Å². The van der Waals surface area contributed by atoms with Gasteiger partial charge in [0.15, 0.2) is 15.6 Å². The molecule has 0 spiro atoms. The molecule has 6 nitrogen and oxygen atoms in total. The Hall–Kier alpha value is -1.89. The summed E-state index contributed by atoms with van der Waals surface area (Å²) in [6, 6.07) is 7.46. The summed E-state index contributed by atoms with van der Waals surface area (Å²) < 4.78 is 22.9. The Morgan fingerprint density at radius 2 is 1.77 bits per heavy atom. The average Bonchev–Trinajstić information content (AvgIpc) is 2.99. The molecule has 0 radical (unpaired) electrons. The lowest BCUT2D eigenvalue weighted by Gasteiger charge is -2.31. The Kier molecular flexibility index (Phi) is 5.65. The van der Waals surface area contributed by atoms with Crippen LogP contribution in [-0.2, 0) is 9.84 Å². The fraction of sp³-hybridized carbons (Fsp3) is 0.579. The molecule has 2 aliphatic heterocycles. The van der Waals surface area contributed by atoms with Crippen molar-refractivity contribution >= 4 is 21.7 Å². The lowest BCUT2D eigenvalue weighted by molar-refractivity contribution is 0.0854. The molecule has 2 amide bonds. The smallest absolute Gasteiger partial charge is 0.317 e. The number of amides is 2. The van der Waals surface area contributed by atoms with Crippen molar-refractivity contribution < 1.29 is 18.0 Å². The Bertz CT molecular complexity index is 765. The minimum atomic E-state index is -2.92. The molecule has 2 fully saturated rings. The van der Waals surface area contributed by atoms with Crippen molar-refractivity contribution in [2.75, 3.05) is 31.1 Å². The zero-order valence-electron chi connectivity index (χ0n) is 15.1. The summed E-state index contributed by atoms with van der Waals surface area (Å²) in [5, 5.41) is 2.85. The van der Waals surface area contributed by atoms with Gasteiger partial charge in [-0.15, -0.1) is 0 Å². The number of Topliss-reactive ketones (excluding diaryl/α,β-unsaturated/α-hetero) is 1. The van der Waals surface area contributed by atoms with Crippen LogP contribution in [0.3, 0.4) is 0 Å². The fourth-order valence-corrected chi connectivity index (χ4v) is 5.54. The maximum absolute atomic E-state index is 12.6. The summed E-state index contributed by atoms with van der Waals surface area (Å²) in [6.07, 6.45) is 1.95. The Labute approximate surface area is 154 Å². The molecule has 7 heteroatoms. The van der Waals surface area contributed by atoms with Crippen molar-refractivity contribution in [3.05, 3.63) is 35.4 Å². The zero-order valence-corrected chi connectivity index (χ0v) is 15.9. The van der Waals surface area contributed by atoms with Gasteiger partial charge < -0.3 is 10.2 Å². The number of ketones is 1. The van der Waals surface area contributed by atoms with Crippen LogP contribution in [0.5, 0.6) is 0 Å². The number of sulfone groups is 1. The van der Waals surface area contributed by atoms with Crippen LogP contribution in [0.1, 0.15) is 35.2 Å². The summed E-state index contributed by atoms with van der Waals surface area (Å²) in [6.45, 7) is 3.50. The number of carbonyl (C=O) groups is 2. The molecule has 2 heterocycles. The van der Waals surface area contributed by atoms with Gasteiger partial charge in [0.1, 0.15) is 0 Å². The van der Waals surface area contributed by atoms with Crippen molar-refractivity contribution in [1.29, 1.82) is 0 Å². The van der Waals surface area contributed by atoms with E-state index in [1.54, 1.807) is 4.90 Å². The number of hydrogen-bond acceptors (Lipinski definition) is 4. The van der Waals surface area contributed by atoms with Crippen LogP contribution in [0.15, 0.2) is 24.3 Å². The number of aryl methyl sites for hydroxylation is 1. The molecule has 2 aliphatic rings. The van der Waals surface area contributed by atoms with E-state index in [1.807, 2.05) is 31.2 Å². The van der Waals surface area contributed by atoms with Gasteiger partial charge in [0.2, 0.25) is 0 Å². The summed E-state index contributed by atoms with van der Waals surface area (Å²) in [7, 11) is -2.92. The topological polar surface area (TPSA) is 83.6 Å². The van der Waals surface area contributed by atoms with E-state index in [-0.39, 0.29) is 35.2 Å². The van der Waals surface area contributed by atoms with Crippen LogP contribution in [0.25, 0.3) is 0 Å². The van der Waals surface area contributed by atoms with E-state index in [0.717, 1.165) is 11.1 Å². The van der Waals surface area contributed by atoms with E-state index in [2.05, 4.69) is 5.32 Å². The van der Waals surface area contributed by atoms with Crippen molar-refractivity contribution in [3.63, 3.8) is 0 Å². The zero-order chi connectivity index (χ0) is 18.7. The maximum atomic E-state index is 12.6. The first-order valence-corrected chi connectivity index (χ1v) is 11.0. The fourth-order valence-electron chi connectivity index (χ4n) is 3.67. The second-order valence-electron chi connectivity index (χ2n) is 7.45. The first kappa shape index (κ1) is 18.9. The Balaban J connectivity index is 1.45. The molecule has 2 saturated heterocycles. The van der Waals surface area contributed by atoms with Gasteiger partial charge in [0.25, 0.3) is 0 Å². The number of nitrogens with one attached hydrogen (secondary N) is 1. The van der Waals surface area contributed by atoms with Gasteiger partial charge in [0.05, 0.1) is 11.5 Å². The van der Waals surface area contributed by atoms with Crippen LogP contribution in [0, 0.1) is 18.8 Å². The number of urea groups is 1. The van der Waals surface area contributed by atoms with Crippen molar-refractivity contribution in [1.82, 2.24) is 10.2 Å². The lowest BCUT2D eigenvalue weighted by atomic mass is 9.89. The molecule has 1 atom stereocenters. The Morgan fingerprint density at radius 3 is 2.35 bits per heavy atom. The largest absolute Gasteiger partial charge is 0.338 e. The minimum Gasteiger partial charge on any atom is -0.338 e. The van der Waals surface area contributed by atoms with Crippen molar-refractivity contribution in [3.8, 4) is 0 Å². The van der Waals surface area contributed by atoms with Gasteiger partial charge in [-0.3, -0.25) is 4.79 Å². The predicted octanol–water partition coefficient (Wildman–Crippen LogP) is 2.03. The number of benzene rings is 1. The maximum Gasteiger partial charge on any atom is 0.317 e. The molecule has 0 aliphatic carbocycles. The number of rotatable bonds is 4. The third kappa shape index (κ3) is 4.63. The van der Waals surface area contributed by atoms with Crippen molar-refractivity contribution in [2.24, 2.45) is 11.8 Å². The molecule has 0 saturated carbocycles. The highest BCUT2D eigenvalue weighted by Gasteiger charge is 2.30. The first-order valence-electron chi connectivity index (χ1n) is 9.18. The highest BCUT2D eigenvalue weighted by molar-refractivity contribution is 7.91. The van der Waals surface area contributed by atoms with Gasteiger partial charge >= 0.3 is 6.03 Å². The average molecular weight is 378 g/mol. The monoisotopic (exact) mass is 378 g/mol. The molecule has 1 N–H and O–H groups in total. The summed E-state index contributed by atoms with van der Waals surface area (Å²) in [5.41, 5.74) is 1.86. The second-order valence-corrected chi connectivity index (χ2v) is 9.68. The first-order chi connectivity index (χ1) is 12.3. The van der Waals surface area contributed by atoms with E-state index in [0.29, 0.717) is 38.9 Å². The Morgan fingerprint density at radius 1 is 1.12 bits per heavy atom. The van der Waals surface area contributed by atoms with Gasteiger partial charge in [-0.25, -0.2) is 13.2 Å². The number of nitrogens with zero attached hydrogens (tertiary/aromatic N) is 1. The normalized spacial score (nSPS) is 23.0. The van der Waals surface area contributed by atoms with E-state index in [9.17, 15) is 18.0 Å². The molecule has 1 unspecified atom stereocenters. The van der Waals surface area contributed by atoms with E-state index < -0.39 is 9.84 Å². The van der Waals surface area contributed by atoms with E-state index in [4.69, 9.17) is 0 Å². The predicted molar refractivity (Wildman–Crippen MR) is 100.0 cm³/mol. The number of likely N-dealkylation sites (tertiary alicyclic amines) is 1. The molecular weight excluding hydrogens is 352 g/mol. The van der Waals surface area contributed by atoms with Crippen molar-refractivity contribution in [2.45, 2.75) is 26.2 Å². The SMILES string of the molecule is Cc1ccc(C(=O)C2CCN(C(=O)NCC3CCS(=O)(=O)C3)CC2)cc1. The van der Waals surface area contributed by atoms with Crippen LogP contribution >= 0.6 is 0 Å². The van der Waals surface area contributed by atoms with Crippen LogP contribution in [0.4, 0.5) is 4.79 Å². The van der Waals surface area contributed by atoms with Crippen LogP contribution in [0.2, 0.25) is 0 Å². The molecule has 26 heavy (non-hydrogen) atoms. The van der Waals surface area contributed by atoms with Gasteiger partial charge in [0, 0.05) is 31.1 Å². The van der Waals surface area contributed by atoms with E-state index in [1.165, 1.54) is 0 Å². The number of hydrogen-bond donors (Lipinski definition) is 1. The summed E-state index contributed by atoms with van der Waals surface area (Å²) >= 11 is 0. The molecule has 1 aromatic rings. The third-order valence-electron chi connectivity index (χ3n) is 5.36. The quantitative estimate of drug-likeness (QED) is 0.813. The molecule has 142 valence electrons. The highest BCUT2D eigenvalue weighted by Crippen LogP contribution is 2.22. The molecule has 3 rings (SSSR count). The minimum absolute atomic E-state index is 0.0182. The number of carbonyl (C=O) groups excluding carboxylic acids is 2. The van der Waals surface area contributed by atoms with Crippen LogP contribution in [-0.4, -0.2) is 56.3 Å². The lowest BCUT2D eigenvalue weighted by Crippen LogP contribution is -2.46. The molecule has 0 bridgehead atoms. The summed E-state index contributed by atoms with van der Waals surface area (Å²) in [5.74, 6) is 0.521. The molecule has 0 aromatic heterocycles. The van der Waals surface area contributed by atoms with Gasteiger partial charge in [-0.2, -0.15) is 0 Å². The van der Waals surface area contributed by atoms with Gasteiger partial charge in [-0.05, 0) is 32.1 Å². The van der Waals surface area contributed by atoms with Crippen LogP contribution < -0.4 is 5.32 Å². The molecule has 1 aromatic carbocycles. The third-order valence-corrected chi connectivity index (χ3v) is 7.19. The highest BCUT2D eigenvalue weighted by atomic mass is 32.2. The summed E-state index contributed by atoms with van der Waals surface area (Å²) in [4.78, 5) is 26.6. The molecular formula is C19H26N2O4S.